The van der Waals surface area contributed by atoms with Crippen molar-refractivity contribution in [2.24, 2.45) is 0 Å². The van der Waals surface area contributed by atoms with Crippen LogP contribution in [0.5, 0.6) is 0 Å². The lowest BCUT2D eigenvalue weighted by atomic mass is 10.2. The van der Waals surface area contributed by atoms with Gasteiger partial charge in [-0.2, -0.15) is 4.98 Å². The molecule has 88 valence electrons. The number of pyridine rings is 1. The monoisotopic (exact) mass is 257 g/mol. The average Bonchev–Trinajstić information content (AvgIpc) is 2.89. The number of aromatic nitrogens is 3. The standard InChI is InChI=1S/C13H8ClN3O/c14-11-3-1-2-10(8-11)12-16-13(18-17-12)9-4-6-15-7-5-9/h1-8H. The Hall–Kier alpha value is -2.20. The van der Waals surface area contributed by atoms with E-state index in [1.165, 1.54) is 0 Å². The first kappa shape index (κ1) is 10.9. The summed E-state index contributed by atoms with van der Waals surface area (Å²) in [6, 6.07) is 11.0. The fourth-order valence-corrected chi connectivity index (χ4v) is 1.77. The second kappa shape index (κ2) is 4.58. The second-order valence-corrected chi connectivity index (χ2v) is 4.11. The number of rotatable bonds is 2. The molecule has 0 radical (unpaired) electrons. The van der Waals surface area contributed by atoms with Crippen LogP contribution in [0.15, 0.2) is 53.3 Å². The average molecular weight is 258 g/mol. The molecule has 4 nitrogen and oxygen atoms in total. The molecule has 0 fully saturated rings. The number of hydrogen-bond donors (Lipinski definition) is 0. The third-order valence-electron chi connectivity index (χ3n) is 2.44. The van der Waals surface area contributed by atoms with Crippen LogP contribution >= 0.6 is 11.6 Å². The van der Waals surface area contributed by atoms with E-state index in [1.54, 1.807) is 24.5 Å². The van der Waals surface area contributed by atoms with E-state index in [0.29, 0.717) is 16.7 Å². The van der Waals surface area contributed by atoms with Gasteiger partial charge in [-0.15, -0.1) is 0 Å². The van der Waals surface area contributed by atoms with E-state index in [9.17, 15) is 0 Å². The molecule has 0 saturated carbocycles. The van der Waals surface area contributed by atoms with E-state index in [-0.39, 0.29) is 0 Å². The normalized spacial score (nSPS) is 10.5. The molecule has 0 saturated heterocycles. The van der Waals surface area contributed by atoms with E-state index < -0.39 is 0 Å². The summed E-state index contributed by atoms with van der Waals surface area (Å²) < 4.78 is 5.21. The molecule has 0 aliphatic heterocycles. The lowest BCUT2D eigenvalue weighted by Crippen LogP contribution is -1.81. The molecule has 0 aliphatic carbocycles. The quantitative estimate of drug-likeness (QED) is 0.706. The van der Waals surface area contributed by atoms with Crippen molar-refractivity contribution in [2.45, 2.75) is 0 Å². The largest absolute Gasteiger partial charge is 0.334 e. The summed E-state index contributed by atoms with van der Waals surface area (Å²) in [6.45, 7) is 0. The predicted octanol–water partition coefficient (Wildman–Crippen LogP) is 3.45. The first-order valence-electron chi connectivity index (χ1n) is 5.33. The van der Waals surface area contributed by atoms with Crippen LogP contribution in [-0.2, 0) is 0 Å². The van der Waals surface area contributed by atoms with Crippen LogP contribution in [-0.4, -0.2) is 15.1 Å². The van der Waals surface area contributed by atoms with Crippen LogP contribution in [0.1, 0.15) is 0 Å². The van der Waals surface area contributed by atoms with Crippen molar-refractivity contribution >= 4 is 11.6 Å². The molecule has 3 aromatic rings. The van der Waals surface area contributed by atoms with E-state index in [2.05, 4.69) is 15.1 Å². The van der Waals surface area contributed by atoms with Crippen LogP contribution in [0.2, 0.25) is 5.02 Å². The first-order valence-corrected chi connectivity index (χ1v) is 5.71. The zero-order chi connectivity index (χ0) is 12.4. The summed E-state index contributed by atoms with van der Waals surface area (Å²) >= 11 is 5.92. The summed E-state index contributed by atoms with van der Waals surface area (Å²) in [7, 11) is 0. The highest BCUT2D eigenvalue weighted by Crippen LogP contribution is 2.23. The van der Waals surface area contributed by atoms with Crippen LogP contribution in [0, 0.1) is 0 Å². The SMILES string of the molecule is Clc1cccc(-c2noc(-c3ccncc3)n2)c1. The summed E-state index contributed by atoms with van der Waals surface area (Å²) in [5.41, 5.74) is 1.66. The van der Waals surface area contributed by atoms with Crippen LogP contribution in [0.4, 0.5) is 0 Å². The van der Waals surface area contributed by atoms with E-state index >= 15 is 0 Å². The second-order valence-electron chi connectivity index (χ2n) is 3.67. The summed E-state index contributed by atoms with van der Waals surface area (Å²) in [5, 5.41) is 4.58. The van der Waals surface area contributed by atoms with Gasteiger partial charge in [-0.1, -0.05) is 28.9 Å². The van der Waals surface area contributed by atoms with Gasteiger partial charge in [0.2, 0.25) is 5.82 Å². The van der Waals surface area contributed by atoms with Gasteiger partial charge >= 0.3 is 0 Å². The van der Waals surface area contributed by atoms with Gasteiger partial charge in [-0.3, -0.25) is 4.98 Å². The van der Waals surface area contributed by atoms with Gasteiger partial charge in [-0.05, 0) is 24.3 Å². The highest BCUT2D eigenvalue weighted by atomic mass is 35.5. The van der Waals surface area contributed by atoms with Gasteiger partial charge in [0.25, 0.3) is 5.89 Å². The van der Waals surface area contributed by atoms with E-state index in [0.717, 1.165) is 11.1 Å². The highest BCUT2D eigenvalue weighted by molar-refractivity contribution is 6.30. The Balaban J connectivity index is 2.00. The molecule has 3 rings (SSSR count). The molecule has 0 bridgehead atoms. The molecule has 0 amide bonds. The predicted molar refractivity (Wildman–Crippen MR) is 68.0 cm³/mol. The van der Waals surface area contributed by atoms with Gasteiger partial charge in [0.05, 0.1) is 0 Å². The lowest BCUT2D eigenvalue weighted by molar-refractivity contribution is 0.432. The van der Waals surface area contributed by atoms with Crippen molar-refractivity contribution in [1.82, 2.24) is 15.1 Å². The Morgan fingerprint density at radius 3 is 2.61 bits per heavy atom. The first-order chi connectivity index (χ1) is 8.83. The van der Waals surface area contributed by atoms with Crippen molar-refractivity contribution in [3.8, 4) is 22.8 Å². The lowest BCUT2D eigenvalue weighted by Gasteiger charge is -1.94. The number of halogens is 1. The molecule has 5 heteroatoms. The molecule has 1 aromatic carbocycles. The minimum Gasteiger partial charge on any atom is -0.334 e. The molecular weight excluding hydrogens is 250 g/mol. The van der Waals surface area contributed by atoms with Gasteiger partial charge < -0.3 is 4.52 Å². The number of hydrogen-bond acceptors (Lipinski definition) is 4. The van der Waals surface area contributed by atoms with E-state index in [4.69, 9.17) is 16.1 Å². The third-order valence-corrected chi connectivity index (χ3v) is 2.67. The summed E-state index contributed by atoms with van der Waals surface area (Å²) in [5.74, 6) is 0.983. The molecule has 18 heavy (non-hydrogen) atoms. The van der Waals surface area contributed by atoms with Crippen molar-refractivity contribution in [1.29, 1.82) is 0 Å². The van der Waals surface area contributed by atoms with Crippen molar-refractivity contribution in [2.75, 3.05) is 0 Å². The van der Waals surface area contributed by atoms with Crippen LogP contribution in [0.3, 0.4) is 0 Å². The van der Waals surface area contributed by atoms with Gasteiger partial charge in [0, 0.05) is 28.5 Å². The zero-order valence-corrected chi connectivity index (χ0v) is 10.0. The summed E-state index contributed by atoms with van der Waals surface area (Å²) in [6.07, 6.45) is 3.36. The van der Waals surface area contributed by atoms with Gasteiger partial charge in [0.1, 0.15) is 0 Å². The highest BCUT2D eigenvalue weighted by Gasteiger charge is 2.10. The Kier molecular flexibility index (Phi) is 2.78. The molecule has 2 aromatic heterocycles. The minimum absolute atomic E-state index is 0.465. The molecule has 0 unspecified atom stereocenters. The molecule has 0 aliphatic rings. The topological polar surface area (TPSA) is 51.8 Å². The van der Waals surface area contributed by atoms with Crippen molar-refractivity contribution in [3.05, 3.63) is 53.8 Å². The Bertz CT molecular complexity index is 667. The Labute approximate surface area is 108 Å². The maximum atomic E-state index is 5.92. The minimum atomic E-state index is 0.465. The molecule has 2 heterocycles. The number of benzene rings is 1. The van der Waals surface area contributed by atoms with Gasteiger partial charge in [-0.25, -0.2) is 0 Å². The van der Waals surface area contributed by atoms with Crippen molar-refractivity contribution in [3.63, 3.8) is 0 Å². The maximum Gasteiger partial charge on any atom is 0.258 e. The smallest absolute Gasteiger partial charge is 0.258 e. The fourth-order valence-electron chi connectivity index (χ4n) is 1.58. The molecular formula is C13H8ClN3O. The van der Waals surface area contributed by atoms with Crippen LogP contribution in [0.25, 0.3) is 22.8 Å². The van der Waals surface area contributed by atoms with Crippen LogP contribution < -0.4 is 0 Å². The summed E-state index contributed by atoms with van der Waals surface area (Å²) in [4.78, 5) is 8.27. The fraction of sp³-hybridized carbons (Fsp3) is 0. The molecule has 0 atom stereocenters. The maximum absolute atomic E-state index is 5.92. The molecule has 0 spiro atoms. The molecule has 0 N–H and O–H groups in total. The van der Waals surface area contributed by atoms with Gasteiger partial charge in [0.15, 0.2) is 0 Å². The van der Waals surface area contributed by atoms with E-state index in [1.807, 2.05) is 24.3 Å². The Morgan fingerprint density at radius 1 is 1.00 bits per heavy atom. The van der Waals surface area contributed by atoms with Crippen molar-refractivity contribution < 1.29 is 4.52 Å². The number of nitrogens with zero attached hydrogens (tertiary/aromatic N) is 3. The Morgan fingerprint density at radius 2 is 1.83 bits per heavy atom. The zero-order valence-electron chi connectivity index (χ0n) is 9.25. The third kappa shape index (κ3) is 2.10.